The minimum atomic E-state index is 0.145. The fourth-order valence-electron chi connectivity index (χ4n) is 2.52. The number of benzene rings is 1. The van der Waals surface area contributed by atoms with Gasteiger partial charge in [0, 0.05) is 25.6 Å². The molecule has 0 N–H and O–H groups in total. The Labute approximate surface area is 124 Å². The third-order valence-electron chi connectivity index (χ3n) is 3.57. The number of aryl methyl sites for hydroxylation is 1. The van der Waals surface area contributed by atoms with Gasteiger partial charge in [-0.3, -0.25) is 9.69 Å². The second-order valence-electron chi connectivity index (χ2n) is 5.07. The van der Waals surface area contributed by atoms with Crippen LogP contribution < -0.4 is 9.64 Å². The first-order valence-electron chi connectivity index (χ1n) is 7.33. The van der Waals surface area contributed by atoms with Crippen molar-refractivity contribution < 1.29 is 9.53 Å². The van der Waals surface area contributed by atoms with E-state index in [0.717, 1.165) is 36.8 Å². The zero-order chi connectivity index (χ0) is 14.7. The molecule has 1 amide bonds. The summed E-state index contributed by atoms with van der Waals surface area (Å²) in [7, 11) is 0. The van der Waals surface area contributed by atoms with E-state index in [1.165, 1.54) is 0 Å². The number of ether oxygens (including phenoxy) is 1. The average molecular weight is 285 g/mol. The van der Waals surface area contributed by atoms with Crippen molar-refractivity contribution in [2.45, 2.75) is 32.9 Å². The number of nitrogens with zero attached hydrogens (tertiary/aromatic N) is 3. The molecule has 5 heteroatoms. The summed E-state index contributed by atoms with van der Waals surface area (Å²) in [4.78, 5) is 13.8. The fraction of sp³-hybridized carbons (Fsp3) is 0.375. The maximum Gasteiger partial charge on any atom is 0.227 e. The van der Waals surface area contributed by atoms with Crippen molar-refractivity contribution in [2.24, 2.45) is 0 Å². The quantitative estimate of drug-likeness (QED) is 0.867. The number of rotatable bonds is 4. The second-order valence-corrected chi connectivity index (χ2v) is 5.07. The Morgan fingerprint density at radius 1 is 1.29 bits per heavy atom. The lowest BCUT2D eigenvalue weighted by molar-refractivity contribution is -0.118. The van der Waals surface area contributed by atoms with Gasteiger partial charge >= 0.3 is 0 Å². The molecule has 0 aliphatic carbocycles. The molecule has 0 fully saturated rings. The number of carbonyl (C=O) groups is 1. The normalized spacial score (nSPS) is 13.9. The molecule has 0 unspecified atom stereocenters. The van der Waals surface area contributed by atoms with E-state index in [1.807, 2.05) is 52.9 Å². The average Bonchev–Trinajstić information content (AvgIpc) is 2.96. The van der Waals surface area contributed by atoms with Gasteiger partial charge in [0.1, 0.15) is 23.9 Å². The predicted octanol–water partition coefficient (Wildman–Crippen LogP) is 2.61. The molecular formula is C16H19N3O2. The summed E-state index contributed by atoms with van der Waals surface area (Å²) < 4.78 is 7.62. The number of aromatic nitrogens is 2. The molecule has 0 spiro atoms. The number of para-hydroxylation sites is 1. The lowest BCUT2D eigenvalue weighted by Crippen LogP contribution is -2.36. The Balaban J connectivity index is 1.74. The molecule has 1 aromatic heterocycles. The van der Waals surface area contributed by atoms with Gasteiger partial charge in [-0.15, -0.1) is 0 Å². The van der Waals surface area contributed by atoms with E-state index in [-0.39, 0.29) is 5.91 Å². The van der Waals surface area contributed by atoms with Gasteiger partial charge in [0.15, 0.2) is 0 Å². The van der Waals surface area contributed by atoms with Gasteiger partial charge in [0.25, 0.3) is 0 Å². The van der Waals surface area contributed by atoms with Crippen LogP contribution in [0, 0.1) is 0 Å². The molecule has 0 bridgehead atoms. The van der Waals surface area contributed by atoms with E-state index >= 15 is 0 Å². The van der Waals surface area contributed by atoms with Crippen LogP contribution in [0.25, 0.3) is 0 Å². The van der Waals surface area contributed by atoms with Crippen molar-refractivity contribution in [1.82, 2.24) is 9.78 Å². The Kier molecular flexibility index (Phi) is 3.90. The standard InChI is InChI=1S/C16H19N3O2/c1-2-16(20)18-9-6-10-19-15(18)11-13(17-19)12-21-14-7-4-3-5-8-14/h3-5,7-8,11H,2,6,9-10,12H2,1H3. The minimum Gasteiger partial charge on any atom is -0.487 e. The highest BCUT2D eigenvalue weighted by atomic mass is 16.5. The number of amides is 1. The summed E-state index contributed by atoms with van der Waals surface area (Å²) in [5, 5.41) is 4.53. The summed E-state index contributed by atoms with van der Waals surface area (Å²) >= 11 is 0. The highest BCUT2D eigenvalue weighted by Gasteiger charge is 2.23. The van der Waals surface area contributed by atoms with Gasteiger partial charge in [0.2, 0.25) is 5.91 Å². The lowest BCUT2D eigenvalue weighted by Gasteiger charge is -2.27. The Morgan fingerprint density at radius 2 is 2.10 bits per heavy atom. The van der Waals surface area contributed by atoms with Gasteiger partial charge in [0.05, 0.1) is 0 Å². The summed E-state index contributed by atoms with van der Waals surface area (Å²) in [6, 6.07) is 11.6. The first kappa shape index (κ1) is 13.7. The van der Waals surface area contributed by atoms with E-state index in [2.05, 4.69) is 5.10 Å². The molecule has 2 heterocycles. The largest absolute Gasteiger partial charge is 0.487 e. The summed E-state index contributed by atoms with van der Waals surface area (Å²) in [6.45, 7) is 3.93. The van der Waals surface area contributed by atoms with Crippen LogP contribution in [0.4, 0.5) is 5.82 Å². The van der Waals surface area contributed by atoms with Crippen LogP contribution in [0.15, 0.2) is 36.4 Å². The Bertz CT molecular complexity index is 622. The summed E-state index contributed by atoms with van der Waals surface area (Å²) in [6.07, 6.45) is 1.46. The van der Waals surface area contributed by atoms with Gasteiger partial charge in [-0.05, 0) is 18.6 Å². The second kappa shape index (κ2) is 5.99. The number of hydrogen-bond donors (Lipinski definition) is 0. The van der Waals surface area contributed by atoms with Crippen molar-refractivity contribution in [3.63, 3.8) is 0 Å². The van der Waals surface area contributed by atoms with Crippen LogP contribution in [0.3, 0.4) is 0 Å². The minimum absolute atomic E-state index is 0.145. The maximum absolute atomic E-state index is 12.0. The van der Waals surface area contributed by atoms with E-state index in [4.69, 9.17) is 4.74 Å². The van der Waals surface area contributed by atoms with Gasteiger partial charge in [-0.1, -0.05) is 25.1 Å². The van der Waals surface area contributed by atoms with Crippen LogP contribution in [0.2, 0.25) is 0 Å². The van der Waals surface area contributed by atoms with Crippen LogP contribution in [0.1, 0.15) is 25.5 Å². The zero-order valence-corrected chi connectivity index (χ0v) is 12.2. The smallest absolute Gasteiger partial charge is 0.227 e. The van der Waals surface area contributed by atoms with E-state index < -0.39 is 0 Å². The molecule has 3 rings (SSSR count). The van der Waals surface area contributed by atoms with Crippen molar-refractivity contribution in [3.8, 4) is 5.75 Å². The zero-order valence-electron chi connectivity index (χ0n) is 12.2. The summed E-state index contributed by atoms with van der Waals surface area (Å²) in [5.74, 6) is 1.86. The van der Waals surface area contributed by atoms with Crippen molar-refractivity contribution in [2.75, 3.05) is 11.4 Å². The van der Waals surface area contributed by atoms with Gasteiger partial charge in [-0.2, -0.15) is 5.10 Å². The Hall–Kier alpha value is -2.30. The maximum atomic E-state index is 12.0. The van der Waals surface area contributed by atoms with Crippen molar-refractivity contribution in [3.05, 3.63) is 42.1 Å². The molecule has 0 saturated carbocycles. The van der Waals surface area contributed by atoms with Crippen LogP contribution in [0.5, 0.6) is 5.75 Å². The van der Waals surface area contributed by atoms with Crippen molar-refractivity contribution >= 4 is 11.7 Å². The topological polar surface area (TPSA) is 47.4 Å². The third-order valence-corrected chi connectivity index (χ3v) is 3.57. The number of carbonyl (C=O) groups excluding carboxylic acids is 1. The third kappa shape index (κ3) is 2.91. The molecule has 1 aromatic carbocycles. The van der Waals surface area contributed by atoms with Crippen LogP contribution in [-0.4, -0.2) is 22.2 Å². The number of anilines is 1. The number of hydrogen-bond acceptors (Lipinski definition) is 3. The molecule has 5 nitrogen and oxygen atoms in total. The first-order valence-corrected chi connectivity index (χ1v) is 7.33. The summed E-state index contributed by atoms with van der Waals surface area (Å²) in [5.41, 5.74) is 0.852. The Morgan fingerprint density at radius 3 is 2.86 bits per heavy atom. The fourth-order valence-corrected chi connectivity index (χ4v) is 2.52. The van der Waals surface area contributed by atoms with E-state index in [0.29, 0.717) is 13.0 Å². The van der Waals surface area contributed by atoms with E-state index in [1.54, 1.807) is 0 Å². The number of fused-ring (bicyclic) bond motifs is 1. The lowest BCUT2D eigenvalue weighted by atomic mass is 10.2. The van der Waals surface area contributed by atoms with Crippen LogP contribution in [-0.2, 0) is 17.9 Å². The predicted molar refractivity (Wildman–Crippen MR) is 80.3 cm³/mol. The SMILES string of the molecule is CCC(=O)N1CCCn2nc(COc3ccccc3)cc21. The molecule has 0 atom stereocenters. The molecule has 1 aliphatic heterocycles. The van der Waals surface area contributed by atoms with Crippen molar-refractivity contribution in [1.29, 1.82) is 0 Å². The molecular weight excluding hydrogens is 266 g/mol. The molecule has 2 aromatic rings. The highest BCUT2D eigenvalue weighted by Crippen LogP contribution is 2.23. The van der Waals surface area contributed by atoms with Crippen LogP contribution >= 0.6 is 0 Å². The van der Waals surface area contributed by atoms with E-state index in [9.17, 15) is 4.79 Å². The molecule has 110 valence electrons. The highest BCUT2D eigenvalue weighted by molar-refractivity contribution is 5.92. The molecule has 21 heavy (non-hydrogen) atoms. The molecule has 1 aliphatic rings. The van der Waals surface area contributed by atoms with Gasteiger partial charge < -0.3 is 4.74 Å². The monoisotopic (exact) mass is 285 g/mol. The molecule has 0 saturated heterocycles. The first-order chi connectivity index (χ1) is 10.3. The van der Waals surface area contributed by atoms with Gasteiger partial charge in [-0.25, -0.2) is 4.68 Å². The molecule has 0 radical (unpaired) electrons.